The van der Waals surface area contributed by atoms with Crippen molar-refractivity contribution >= 4 is 21.6 Å². The number of amides is 1. The van der Waals surface area contributed by atoms with Gasteiger partial charge in [-0.1, -0.05) is 38.1 Å². The Hall–Kier alpha value is -2.34. The highest BCUT2D eigenvalue weighted by Gasteiger charge is 2.32. The Bertz CT molecular complexity index is 1020. The number of sulfonamides is 1. The predicted molar refractivity (Wildman–Crippen MR) is 124 cm³/mol. The fraction of sp³-hybridized carbons (Fsp3) is 0.458. The number of anilines is 1. The summed E-state index contributed by atoms with van der Waals surface area (Å²) >= 11 is 0. The maximum Gasteiger partial charge on any atom is 0.244 e. The van der Waals surface area contributed by atoms with Crippen molar-refractivity contribution in [3.05, 3.63) is 64.2 Å². The zero-order valence-electron chi connectivity index (χ0n) is 19.1. The van der Waals surface area contributed by atoms with Crippen LogP contribution in [-0.2, 0) is 14.8 Å². The maximum absolute atomic E-state index is 13.3. The smallest absolute Gasteiger partial charge is 0.244 e. The number of hydrogen-bond acceptors (Lipinski definition) is 3. The molecule has 0 unspecified atom stereocenters. The van der Waals surface area contributed by atoms with Gasteiger partial charge >= 0.3 is 0 Å². The molecule has 0 aromatic heterocycles. The first kappa shape index (κ1) is 23.9. The van der Waals surface area contributed by atoms with Crippen LogP contribution in [0, 0.1) is 27.7 Å². The molecular weight excluding hydrogens is 396 g/mol. The highest BCUT2D eigenvalue weighted by atomic mass is 32.2. The van der Waals surface area contributed by atoms with Crippen molar-refractivity contribution in [2.75, 3.05) is 10.6 Å². The fourth-order valence-corrected chi connectivity index (χ4v) is 4.80. The van der Waals surface area contributed by atoms with Gasteiger partial charge in [0.15, 0.2) is 0 Å². The Morgan fingerprint density at radius 3 is 1.93 bits per heavy atom. The van der Waals surface area contributed by atoms with E-state index in [1.54, 1.807) is 6.07 Å². The van der Waals surface area contributed by atoms with Crippen molar-refractivity contribution in [2.45, 2.75) is 66.5 Å². The summed E-state index contributed by atoms with van der Waals surface area (Å²) in [4.78, 5) is 13.3. The van der Waals surface area contributed by atoms with Crippen LogP contribution in [0.1, 0.15) is 60.5 Å². The largest absolute Gasteiger partial charge is 0.347 e. The third kappa shape index (κ3) is 5.42. The van der Waals surface area contributed by atoms with Gasteiger partial charge in [0, 0.05) is 0 Å². The molecular formula is C24H34N2O3S. The molecule has 2 rings (SSSR count). The number of nitrogens with one attached hydrogen (secondary N) is 1. The van der Waals surface area contributed by atoms with Crippen LogP contribution in [0.5, 0.6) is 0 Å². The monoisotopic (exact) mass is 430 g/mol. The molecule has 1 amide bonds. The van der Waals surface area contributed by atoms with Gasteiger partial charge in [-0.2, -0.15) is 0 Å². The second kappa shape index (κ2) is 9.65. The molecule has 0 saturated heterocycles. The Labute approximate surface area is 181 Å². The second-order valence-electron chi connectivity index (χ2n) is 8.06. The molecule has 0 saturated carbocycles. The number of nitrogens with zero attached hydrogens (tertiary/aromatic N) is 1. The zero-order chi connectivity index (χ0) is 22.6. The van der Waals surface area contributed by atoms with Gasteiger partial charge in [-0.25, -0.2) is 8.42 Å². The summed E-state index contributed by atoms with van der Waals surface area (Å²) in [6.45, 7) is 11.9. The number of hydrogen-bond donors (Lipinski definition) is 1. The first-order valence-corrected chi connectivity index (χ1v) is 12.3. The molecule has 0 fully saturated rings. The summed E-state index contributed by atoms with van der Waals surface area (Å²) in [5.41, 5.74) is 5.97. The Kier molecular flexibility index (Phi) is 7.70. The van der Waals surface area contributed by atoms with Crippen molar-refractivity contribution in [1.82, 2.24) is 5.32 Å². The lowest BCUT2D eigenvalue weighted by atomic mass is 9.99. The van der Waals surface area contributed by atoms with Crippen LogP contribution in [0.2, 0.25) is 0 Å². The number of carbonyl (C=O) groups excluding carboxylic acids is 1. The van der Waals surface area contributed by atoms with Gasteiger partial charge in [0.1, 0.15) is 6.04 Å². The predicted octanol–water partition coefficient (Wildman–Crippen LogP) is 4.73. The molecule has 0 aliphatic heterocycles. The number of rotatable bonds is 8. The van der Waals surface area contributed by atoms with Crippen LogP contribution in [0.15, 0.2) is 36.4 Å². The normalized spacial score (nSPS) is 13.6. The van der Waals surface area contributed by atoms with E-state index in [1.165, 1.54) is 15.4 Å². The van der Waals surface area contributed by atoms with Gasteiger partial charge in [0.05, 0.1) is 18.0 Å². The fourth-order valence-electron chi connectivity index (χ4n) is 3.59. The van der Waals surface area contributed by atoms with E-state index in [0.717, 1.165) is 22.9 Å². The van der Waals surface area contributed by atoms with Crippen LogP contribution in [0.4, 0.5) is 5.69 Å². The van der Waals surface area contributed by atoms with Crippen LogP contribution in [0.3, 0.4) is 0 Å². The summed E-state index contributed by atoms with van der Waals surface area (Å²) in [6, 6.07) is 10.6. The second-order valence-corrected chi connectivity index (χ2v) is 9.92. The summed E-state index contributed by atoms with van der Waals surface area (Å²) in [6.07, 6.45) is 2.24. The third-order valence-corrected chi connectivity index (χ3v) is 6.91. The molecule has 0 radical (unpaired) electrons. The Morgan fingerprint density at radius 1 is 0.900 bits per heavy atom. The average molecular weight is 431 g/mol. The van der Waals surface area contributed by atoms with Gasteiger partial charge < -0.3 is 5.32 Å². The zero-order valence-corrected chi connectivity index (χ0v) is 19.9. The van der Waals surface area contributed by atoms with Gasteiger partial charge in [-0.05, 0) is 80.5 Å². The molecule has 2 atom stereocenters. The van der Waals surface area contributed by atoms with E-state index in [4.69, 9.17) is 0 Å². The van der Waals surface area contributed by atoms with Gasteiger partial charge in [-0.15, -0.1) is 0 Å². The molecule has 30 heavy (non-hydrogen) atoms. The molecule has 0 heterocycles. The van der Waals surface area contributed by atoms with E-state index in [9.17, 15) is 13.2 Å². The molecule has 5 nitrogen and oxygen atoms in total. The topological polar surface area (TPSA) is 66.5 Å². The molecule has 0 bridgehead atoms. The van der Waals surface area contributed by atoms with Crippen LogP contribution < -0.4 is 9.62 Å². The number of benzene rings is 2. The minimum absolute atomic E-state index is 0.174. The lowest BCUT2D eigenvalue weighted by Gasteiger charge is -2.32. The van der Waals surface area contributed by atoms with E-state index in [0.29, 0.717) is 18.5 Å². The molecule has 0 aliphatic carbocycles. The van der Waals surface area contributed by atoms with E-state index in [-0.39, 0.29) is 11.9 Å². The van der Waals surface area contributed by atoms with Crippen molar-refractivity contribution in [1.29, 1.82) is 0 Å². The summed E-state index contributed by atoms with van der Waals surface area (Å²) in [5, 5.41) is 3.08. The molecule has 2 aromatic rings. The van der Waals surface area contributed by atoms with Crippen LogP contribution in [-0.4, -0.2) is 26.6 Å². The molecule has 2 aromatic carbocycles. The van der Waals surface area contributed by atoms with E-state index < -0.39 is 16.1 Å². The highest BCUT2D eigenvalue weighted by Crippen LogP contribution is 2.26. The highest BCUT2D eigenvalue weighted by molar-refractivity contribution is 7.92. The summed E-state index contributed by atoms with van der Waals surface area (Å²) < 4.78 is 26.6. The maximum atomic E-state index is 13.3. The minimum Gasteiger partial charge on any atom is -0.347 e. The molecule has 0 spiro atoms. The first-order valence-electron chi connectivity index (χ1n) is 10.4. The quantitative estimate of drug-likeness (QED) is 0.658. The van der Waals surface area contributed by atoms with Crippen LogP contribution >= 0.6 is 0 Å². The van der Waals surface area contributed by atoms with E-state index in [1.807, 2.05) is 52.8 Å². The number of aryl methyl sites for hydroxylation is 4. The SMILES string of the molecule is CC[C@H](NC(=O)[C@H](CC)N(c1ccc(C)c(C)c1)S(C)(=O)=O)c1ccc(C)c(C)c1. The standard InChI is InChI=1S/C24H34N2O3S/c1-8-22(20-12-10-16(3)18(5)14-20)25-24(27)23(9-2)26(30(7,28)29)21-13-11-17(4)19(6)15-21/h10-15,22-23H,8-9H2,1-7H3,(H,25,27)/t22-,23-/m0/s1. The first-order chi connectivity index (χ1) is 14.0. The van der Waals surface area contributed by atoms with Crippen molar-refractivity contribution < 1.29 is 13.2 Å². The van der Waals surface area contributed by atoms with Crippen molar-refractivity contribution in [3.63, 3.8) is 0 Å². The van der Waals surface area contributed by atoms with Crippen LogP contribution in [0.25, 0.3) is 0 Å². The molecule has 1 N–H and O–H groups in total. The average Bonchev–Trinajstić information content (AvgIpc) is 2.67. The molecule has 0 aliphatic rings. The summed E-state index contributed by atoms with van der Waals surface area (Å²) in [7, 11) is -3.65. The van der Waals surface area contributed by atoms with E-state index >= 15 is 0 Å². The third-order valence-electron chi connectivity index (χ3n) is 5.73. The number of carbonyl (C=O) groups is 1. The lowest BCUT2D eigenvalue weighted by molar-refractivity contribution is -0.123. The van der Waals surface area contributed by atoms with Gasteiger partial charge in [-0.3, -0.25) is 9.10 Å². The van der Waals surface area contributed by atoms with E-state index in [2.05, 4.69) is 24.4 Å². The van der Waals surface area contributed by atoms with Crippen molar-refractivity contribution in [2.24, 2.45) is 0 Å². The molecule has 6 heteroatoms. The minimum atomic E-state index is -3.65. The Morgan fingerprint density at radius 2 is 1.47 bits per heavy atom. The molecule has 164 valence electrons. The van der Waals surface area contributed by atoms with Gasteiger partial charge in [0.25, 0.3) is 0 Å². The van der Waals surface area contributed by atoms with Gasteiger partial charge in [0.2, 0.25) is 15.9 Å². The Balaban J connectivity index is 2.39. The van der Waals surface area contributed by atoms with Crippen molar-refractivity contribution in [3.8, 4) is 0 Å². The lowest BCUT2D eigenvalue weighted by Crippen LogP contribution is -2.50. The summed E-state index contributed by atoms with van der Waals surface area (Å²) in [5.74, 6) is -0.286.